The molecule has 0 saturated carbocycles. The normalized spacial score (nSPS) is 12.3. The number of carbonyl (C=O) groups excluding carboxylic acids is 1. The highest BCUT2D eigenvalue weighted by molar-refractivity contribution is 5.73. The van der Waals surface area contributed by atoms with E-state index in [1.54, 1.807) is 6.07 Å². The van der Waals surface area contributed by atoms with Crippen LogP contribution in [-0.4, -0.2) is 17.6 Å². The number of amides is 1. The zero-order valence-electron chi connectivity index (χ0n) is 10.4. The third kappa shape index (κ3) is 4.71. The SMILES string of the molecule is CC(NCCCCC(N)=O)c1ccc(O)cc1F. The maximum absolute atomic E-state index is 13.5. The van der Waals surface area contributed by atoms with Crippen LogP contribution in [0.1, 0.15) is 37.8 Å². The molecule has 100 valence electrons. The van der Waals surface area contributed by atoms with E-state index in [-0.39, 0.29) is 17.7 Å². The largest absolute Gasteiger partial charge is 0.508 e. The number of aromatic hydroxyl groups is 1. The highest BCUT2D eigenvalue weighted by Gasteiger charge is 2.10. The summed E-state index contributed by atoms with van der Waals surface area (Å²) in [6.45, 7) is 2.54. The lowest BCUT2D eigenvalue weighted by atomic mass is 10.1. The van der Waals surface area contributed by atoms with Crippen molar-refractivity contribution in [3.63, 3.8) is 0 Å². The first kappa shape index (κ1) is 14.4. The molecule has 0 radical (unpaired) electrons. The second-order valence-corrected chi connectivity index (χ2v) is 4.31. The molecule has 1 aromatic rings. The molecule has 1 atom stereocenters. The smallest absolute Gasteiger partial charge is 0.217 e. The third-order valence-corrected chi connectivity index (χ3v) is 2.75. The van der Waals surface area contributed by atoms with Crippen LogP contribution in [0.3, 0.4) is 0 Å². The molecule has 0 aliphatic rings. The molecule has 1 rings (SSSR count). The van der Waals surface area contributed by atoms with Gasteiger partial charge in [-0.15, -0.1) is 0 Å². The Kier molecular flexibility index (Phi) is 5.58. The monoisotopic (exact) mass is 254 g/mol. The average Bonchev–Trinajstić information content (AvgIpc) is 2.27. The second-order valence-electron chi connectivity index (χ2n) is 4.31. The molecule has 1 amide bonds. The van der Waals surface area contributed by atoms with E-state index in [2.05, 4.69) is 5.32 Å². The zero-order valence-corrected chi connectivity index (χ0v) is 10.4. The van der Waals surface area contributed by atoms with Crippen molar-refractivity contribution < 1.29 is 14.3 Å². The summed E-state index contributed by atoms with van der Waals surface area (Å²) >= 11 is 0. The van der Waals surface area contributed by atoms with Crippen LogP contribution in [0.15, 0.2) is 18.2 Å². The Labute approximate surface area is 106 Å². The number of nitrogens with one attached hydrogen (secondary N) is 1. The van der Waals surface area contributed by atoms with E-state index in [9.17, 15) is 9.18 Å². The lowest BCUT2D eigenvalue weighted by Gasteiger charge is -2.15. The number of phenolic OH excluding ortho intramolecular Hbond substituents is 1. The van der Waals surface area contributed by atoms with Gasteiger partial charge in [-0.25, -0.2) is 4.39 Å². The minimum Gasteiger partial charge on any atom is -0.508 e. The first-order valence-corrected chi connectivity index (χ1v) is 6.01. The van der Waals surface area contributed by atoms with Gasteiger partial charge >= 0.3 is 0 Å². The summed E-state index contributed by atoms with van der Waals surface area (Å²) in [4.78, 5) is 10.5. The molecule has 0 aromatic heterocycles. The Morgan fingerprint density at radius 1 is 1.50 bits per heavy atom. The number of nitrogens with two attached hydrogens (primary N) is 1. The second kappa shape index (κ2) is 6.96. The molecule has 0 saturated heterocycles. The number of rotatable bonds is 7. The van der Waals surface area contributed by atoms with Crippen LogP contribution >= 0.6 is 0 Å². The summed E-state index contributed by atoms with van der Waals surface area (Å²) in [6.07, 6.45) is 1.92. The Hall–Kier alpha value is -1.62. The van der Waals surface area contributed by atoms with E-state index in [4.69, 9.17) is 10.8 Å². The molecule has 18 heavy (non-hydrogen) atoms. The summed E-state index contributed by atoms with van der Waals surface area (Å²) in [7, 11) is 0. The van der Waals surface area contributed by atoms with Crippen LogP contribution in [0, 0.1) is 5.82 Å². The van der Waals surface area contributed by atoms with Gasteiger partial charge in [-0.1, -0.05) is 6.07 Å². The lowest BCUT2D eigenvalue weighted by molar-refractivity contribution is -0.118. The van der Waals surface area contributed by atoms with Gasteiger partial charge in [0, 0.05) is 24.1 Å². The molecule has 0 bridgehead atoms. The molecule has 0 heterocycles. The molecule has 0 fully saturated rings. The van der Waals surface area contributed by atoms with Crippen LogP contribution in [0.5, 0.6) is 5.75 Å². The summed E-state index contributed by atoms with van der Waals surface area (Å²) < 4.78 is 13.5. The van der Waals surface area contributed by atoms with Gasteiger partial charge in [0.25, 0.3) is 0 Å². The summed E-state index contributed by atoms with van der Waals surface area (Å²) in [5.41, 5.74) is 5.54. The maximum atomic E-state index is 13.5. The van der Waals surface area contributed by atoms with Crippen molar-refractivity contribution in [1.29, 1.82) is 0 Å². The quantitative estimate of drug-likeness (QED) is 0.650. The molecule has 0 aliphatic carbocycles. The molecule has 1 aromatic carbocycles. The van der Waals surface area contributed by atoms with E-state index < -0.39 is 5.82 Å². The summed E-state index contributed by atoms with van der Waals surface area (Å²) in [6, 6.07) is 3.98. The molecule has 4 N–H and O–H groups in total. The standard InChI is InChI=1S/C13H19FN2O2/c1-9(16-7-3-2-4-13(15)18)11-6-5-10(17)8-12(11)14/h5-6,8-9,16-17H,2-4,7H2,1H3,(H2,15,18). The van der Waals surface area contributed by atoms with Crippen LogP contribution < -0.4 is 11.1 Å². The van der Waals surface area contributed by atoms with Crippen molar-refractivity contribution in [2.24, 2.45) is 5.73 Å². The summed E-state index contributed by atoms with van der Waals surface area (Å²) in [5.74, 6) is -0.801. The van der Waals surface area contributed by atoms with Crippen LogP contribution in [0.2, 0.25) is 0 Å². The minimum atomic E-state index is -0.424. The number of phenols is 1. The van der Waals surface area contributed by atoms with E-state index >= 15 is 0 Å². The number of unbranched alkanes of at least 4 members (excludes halogenated alkanes) is 1. The van der Waals surface area contributed by atoms with Gasteiger partial charge < -0.3 is 16.2 Å². The molecule has 5 heteroatoms. The van der Waals surface area contributed by atoms with Crippen molar-refractivity contribution >= 4 is 5.91 Å². The van der Waals surface area contributed by atoms with Gasteiger partial charge in [0.15, 0.2) is 0 Å². The van der Waals surface area contributed by atoms with E-state index in [1.165, 1.54) is 6.07 Å². The molecule has 4 nitrogen and oxygen atoms in total. The minimum absolute atomic E-state index is 0.0788. The van der Waals surface area contributed by atoms with Crippen molar-refractivity contribution in [3.05, 3.63) is 29.6 Å². The Balaban J connectivity index is 2.36. The van der Waals surface area contributed by atoms with Gasteiger partial charge in [0.05, 0.1) is 0 Å². The molecule has 0 spiro atoms. The van der Waals surface area contributed by atoms with Crippen molar-refractivity contribution in [2.45, 2.75) is 32.2 Å². The number of benzene rings is 1. The van der Waals surface area contributed by atoms with Crippen molar-refractivity contribution in [2.75, 3.05) is 6.54 Å². The van der Waals surface area contributed by atoms with Crippen LogP contribution in [-0.2, 0) is 4.79 Å². The van der Waals surface area contributed by atoms with Gasteiger partial charge in [-0.05, 0) is 32.4 Å². The number of hydrogen-bond acceptors (Lipinski definition) is 3. The highest BCUT2D eigenvalue weighted by atomic mass is 19.1. The predicted octanol–water partition coefficient (Wildman–Crippen LogP) is 1.84. The molecule has 0 aliphatic heterocycles. The number of halogens is 1. The fourth-order valence-electron chi connectivity index (χ4n) is 1.72. The zero-order chi connectivity index (χ0) is 13.5. The van der Waals surface area contributed by atoms with Gasteiger partial charge in [0.1, 0.15) is 11.6 Å². The fourth-order valence-corrected chi connectivity index (χ4v) is 1.72. The Morgan fingerprint density at radius 2 is 2.22 bits per heavy atom. The van der Waals surface area contributed by atoms with Crippen molar-refractivity contribution in [1.82, 2.24) is 5.32 Å². The Morgan fingerprint density at radius 3 is 2.83 bits per heavy atom. The molecule has 1 unspecified atom stereocenters. The summed E-state index contributed by atoms with van der Waals surface area (Å²) in [5, 5.41) is 12.3. The van der Waals surface area contributed by atoms with Gasteiger partial charge in [-0.3, -0.25) is 4.79 Å². The Bertz CT molecular complexity index is 410. The van der Waals surface area contributed by atoms with E-state index in [1.807, 2.05) is 6.92 Å². The van der Waals surface area contributed by atoms with Gasteiger partial charge in [0.2, 0.25) is 5.91 Å². The molecular weight excluding hydrogens is 235 g/mol. The number of primary amides is 1. The predicted molar refractivity (Wildman–Crippen MR) is 67.5 cm³/mol. The third-order valence-electron chi connectivity index (χ3n) is 2.75. The fraction of sp³-hybridized carbons (Fsp3) is 0.462. The van der Waals surface area contributed by atoms with Crippen LogP contribution in [0.4, 0.5) is 4.39 Å². The maximum Gasteiger partial charge on any atom is 0.217 e. The van der Waals surface area contributed by atoms with E-state index in [0.717, 1.165) is 18.9 Å². The average molecular weight is 254 g/mol. The molecular formula is C13H19FN2O2. The highest BCUT2D eigenvalue weighted by Crippen LogP contribution is 2.20. The first-order chi connectivity index (χ1) is 8.50. The topological polar surface area (TPSA) is 75.3 Å². The van der Waals surface area contributed by atoms with Crippen LogP contribution in [0.25, 0.3) is 0 Å². The number of hydrogen-bond donors (Lipinski definition) is 3. The number of carbonyl (C=O) groups is 1. The lowest BCUT2D eigenvalue weighted by Crippen LogP contribution is -2.21. The first-order valence-electron chi connectivity index (χ1n) is 6.01. The van der Waals surface area contributed by atoms with Gasteiger partial charge in [-0.2, -0.15) is 0 Å². The van der Waals surface area contributed by atoms with Crippen molar-refractivity contribution in [3.8, 4) is 5.75 Å². The van der Waals surface area contributed by atoms with E-state index in [0.29, 0.717) is 18.5 Å².